The van der Waals surface area contributed by atoms with Gasteiger partial charge in [0.05, 0.1) is 0 Å². The van der Waals surface area contributed by atoms with E-state index in [2.05, 4.69) is 0 Å². The summed E-state index contributed by atoms with van der Waals surface area (Å²) in [6.45, 7) is 6.47. The first-order chi connectivity index (χ1) is 7.96. The van der Waals surface area contributed by atoms with Gasteiger partial charge in [0.15, 0.2) is 0 Å². The molecular weight excluding hydrogens is 244 g/mol. The fourth-order valence-electron chi connectivity index (χ4n) is 2.20. The van der Waals surface area contributed by atoms with Gasteiger partial charge in [-0.3, -0.25) is 0 Å². The number of alkyl halides is 4. The van der Waals surface area contributed by atoms with Crippen molar-refractivity contribution in [1.82, 2.24) is 0 Å². The minimum Gasteiger partial charge on any atom is -0.233 e. The smallest absolute Gasteiger partial charge is 0.233 e. The van der Waals surface area contributed by atoms with Gasteiger partial charge in [-0.1, -0.05) is 45.0 Å². The fourth-order valence-corrected chi connectivity index (χ4v) is 2.20. The lowest BCUT2D eigenvalue weighted by atomic mass is 9.86. The second-order valence-corrected chi connectivity index (χ2v) is 6.06. The van der Waals surface area contributed by atoms with Crippen LogP contribution < -0.4 is 0 Å². The highest BCUT2D eigenvalue weighted by atomic mass is 19.3. The third-order valence-electron chi connectivity index (χ3n) is 3.76. The first kappa shape index (κ1) is 13.4. The van der Waals surface area contributed by atoms with Gasteiger partial charge in [0.2, 0.25) is 11.3 Å². The van der Waals surface area contributed by atoms with E-state index in [1.54, 1.807) is 12.1 Å². The van der Waals surface area contributed by atoms with E-state index in [1.165, 1.54) is 12.1 Å². The van der Waals surface area contributed by atoms with E-state index in [9.17, 15) is 17.6 Å². The summed E-state index contributed by atoms with van der Waals surface area (Å²) in [6, 6.07) is 5.64. The maximum atomic E-state index is 14.1. The zero-order valence-corrected chi connectivity index (χ0v) is 10.8. The van der Waals surface area contributed by atoms with Gasteiger partial charge >= 0.3 is 5.92 Å². The van der Waals surface area contributed by atoms with Crippen LogP contribution in [-0.2, 0) is 11.1 Å². The molecule has 0 radical (unpaired) electrons. The lowest BCUT2D eigenvalue weighted by molar-refractivity contribution is 0.0267. The molecule has 0 nitrogen and oxygen atoms in total. The predicted octanol–water partition coefficient (Wildman–Crippen LogP) is 4.53. The first-order valence-electron chi connectivity index (χ1n) is 5.83. The van der Waals surface area contributed by atoms with Crippen molar-refractivity contribution in [2.75, 3.05) is 0 Å². The highest BCUT2D eigenvalue weighted by Crippen LogP contribution is 2.72. The molecule has 2 atom stereocenters. The van der Waals surface area contributed by atoms with Crippen LogP contribution in [0.15, 0.2) is 24.3 Å². The van der Waals surface area contributed by atoms with Crippen molar-refractivity contribution in [1.29, 1.82) is 0 Å². The van der Waals surface area contributed by atoms with E-state index in [-0.39, 0.29) is 11.0 Å². The van der Waals surface area contributed by atoms with E-state index >= 15 is 0 Å². The summed E-state index contributed by atoms with van der Waals surface area (Å²) >= 11 is 0. The number of hydrogen-bond acceptors (Lipinski definition) is 0. The van der Waals surface area contributed by atoms with Crippen LogP contribution in [0.1, 0.15) is 38.8 Å². The molecule has 18 heavy (non-hydrogen) atoms. The molecule has 1 saturated carbocycles. The van der Waals surface area contributed by atoms with Crippen LogP contribution in [0.2, 0.25) is 0 Å². The molecule has 1 aliphatic rings. The molecule has 4 heteroatoms. The summed E-state index contributed by atoms with van der Waals surface area (Å²) in [4.78, 5) is 0. The van der Waals surface area contributed by atoms with Gasteiger partial charge in [0, 0.05) is 0 Å². The molecule has 0 heterocycles. The monoisotopic (exact) mass is 260 g/mol. The Balaban J connectivity index is 2.39. The molecule has 0 aromatic heterocycles. The van der Waals surface area contributed by atoms with Crippen molar-refractivity contribution in [2.24, 2.45) is 0 Å². The summed E-state index contributed by atoms with van der Waals surface area (Å²) in [5.41, 5.74) is -5.89. The second-order valence-electron chi connectivity index (χ2n) is 6.06. The molecular formula is C14H16F4. The van der Waals surface area contributed by atoms with E-state index in [4.69, 9.17) is 0 Å². The molecule has 2 rings (SSSR count). The van der Waals surface area contributed by atoms with Crippen molar-refractivity contribution in [3.63, 3.8) is 0 Å². The average molecular weight is 260 g/mol. The van der Waals surface area contributed by atoms with Crippen molar-refractivity contribution < 1.29 is 17.6 Å². The molecule has 100 valence electrons. The lowest BCUT2D eigenvalue weighted by Crippen LogP contribution is -2.14. The Hall–Kier alpha value is -1.06. The lowest BCUT2D eigenvalue weighted by Gasteiger charge is -2.19. The number of benzene rings is 1. The van der Waals surface area contributed by atoms with Crippen LogP contribution in [0.4, 0.5) is 17.6 Å². The van der Waals surface area contributed by atoms with Crippen LogP contribution in [-0.4, -0.2) is 11.6 Å². The second kappa shape index (κ2) is 3.28. The normalized spacial score (nSPS) is 34.4. The molecule has 2 unspecified atom stereocenters. The minimum absolute atomic E-state index is 0.160. The van der Waals surface area contributed by atoms with Crippen LogP contribution >= 0.6 is 0 Å². The van der Waals surface area contributed by atoms with Gasteiger partial charge in [-0.2, -0.15) is 8.78 Å². The predicted molar refractivity (Wildman–Crippen MR) is 62.4 cm³/mol. The van der Waals surface area contributed by atoms with E-state index < -0.39 is 17.3 Å². The Kier molecular flexibility index (Phi) is 2.44. The molecule has 1 aromatic rings. The van der Waals surface area contributed by atoms with Gasteiger partial charge in [0.25, 0.3) is 0 Å². The van der Waals surface area contributed by atoms with Gasteiger partial charge in [-0.15, -0.1) is 0 Å². The van der Waals surface area contributed by atoms with Gasteiger partial charge < -0.3 is 0 Å². The van der Waals surface area contributed by atoms with Crippen molar-refractivity contribution in [3.05, 3.63) is 35.4 Å². The molecule has 1 aromatic carbocycles. The largest absolute Gasteiger partial charge is 0.325 e. The number of rotatable bonds is 1. The molecule has 0 spiro atoms. The summed E-state index contributed by atoms with van der Waals surface area (Å²) in [5, 5.41) is 0. The maximum Gasteiger partial charge on any atom is 0.325 e. The Labute approximate surface area is 104 Å². The van der Waals surface area contributed by atoms with Crippen LogP contribution in [0.25, 0.3) is 0 Å². The van der Waals surface area contributed by atoms with Crippen LogP contribution in [0.3, 0.4) is 0 Å². The summed E-state index contributed by atoms with van der Waals surface area (Å²) in [7, 11) is 0. The van der Waals surface area contributed by atoms with Crippen LogP contribution in [0.5, 0.6) is 0 Å². The van der Waals surface area contributed by atoms with Crippen molar-refractivity contribution in [3.8, 4) is 0 Å². The maximum absolute atomic E-state index is 14.1. The summed E-state index contributed by atoms with van der Waals surface area (Å²) < 4.78 is 54.1. The Morgan fingerprint density at radius 1 is 0.889 bits per heavy atom. The SMILES string of the molecule is CC(C)(C)c1ccc(C2(F)C(C)(F)C2(F)F)cc1. The molecule has 0 bridgehead atoms. The standard InChI is InChI=1S/C14H16F4/c1-11(2,3)9-5-7-10(8-6-9)13(16)12(4,15)14(13,17)18/h5-8H,1-4H3. The Morgan fingerprint density at radius 2 is 1.28 bits per heavy atom. The molecule has 0 saturated heterocycles. The first-order valence-corrected chi connectivity index (χ1v) is 5.83. The van der Waals surface area contributed by atoms with Crippen molar-refractivity contribution >= 4 is 0 Å². The zero-order chi connectivity index (χ0) is 14.0. The molecule has 0 amide bonds. The van der Waals surface area contributed by atoms with E-state index in [0.717, 1.165) is 5.56 Å². The summed E-state index contributed by atoms with van der Waals surface area (Å²) in [5.74, 6) is -3.96. The molecule has 0 aliphatic heterocycles. The van der Waals surface area contributed by atoms with Crippen molar-refractivity contribution in [2.45, 2.75) is 50.4 Å². The fraction of sp³-hybridized carbons (Fsp3) is 0.571. The summed E-state index contributed by atoms with van der Waals surface area (Å²) in [6.07, 6.45) is 0. The highest BCUT2D eigenvalue weighted by molar-refractivity contribution is 5.45. The Morgan fingerprint density at radius 3 is 1.56 bits per heavy atom. The van der Waals surface area contributed by atoms with E-state index in [1.807, 2.05) is 20.8 Å². The average Bonchev–Trinajstić information content (AvgIpc) is 2.56. The molecule has 0 N–H and O–H groups in total. The minimum atomic E-state index is -3.96. The van der Waals surface area contributed by atoms with Crippen LogP contribution in [0, 0.1) is 0 Å². The van der Waals surface area contributed by atoms with Gasteiger partial charge in [0.1, 0.15) is 0 Å². The van der Waals surface area contributed by atoms with Gasteiger partial charge in [-0.25, -0.2) is 8.78 Å². The third-order valence-corrected chi connectivity index (χ3v) is 3.76. The molecule has 1 aliphatic carbocycles. The highest BCUT2D eigenvalue weighted by Gasteiger charge is 2.94. The van der Waals surface area contributed by atoms with E-state index in [0.29, 0.717) is 6.92 Å². The number of hydrogen-bond donors (Lipinski definition) is 0. The number of halogens is 4. The Bertz CT molecular complexity index is 452. The van der Waals surface area contributed by atoms with Gasteiger partial charge in [-0.05, 0) is 23.5 Å². The molecule has 1 fully saturated rings. The third kappa shape index (κ3) is 1.38. The zero-order valence-electron chi connectivity index (χ0n) is 10.8. The topological polar surface area (TPSA) is 0 Å². The quantitative estimate of drug-likeness (QED) is 0.651.